The highest BCUT2D eigenvalue weighted by atomic mass is 16.7. The van der Waals surface area contributed by atoms with Gasteiger partial charge in [0.25, 0.3) is 0 Å². The normalized spacial score (nSPS) is 11.5. The number of rotatable bonds is 9. The number of nitrogens with zero attached hydrogens (tertiary/aromatic N) is 1. The number of fused-ring (bicyclic) bond motifs is 1. The number of carbonyl (C=O) groups is 1. The van der Waals surface area contributed by atoms with Gasteiger partial charge in [0.05, 0.1) is 44.9 Å². The van der Waals surface area contributed by atoms with Crippen molar-refractivity contribution in [1.29, 1.82) is 0 Å². The summed E-state index contributed by atoms with van der Waals surface area (Å²) in [7, 11) is 6.35. The Kier molecular flexibility index (Phi) is 7.70. The molecular formula is C22H29NO6. The smallest absolute Gasteiger partial charge is 0.331 e. The summed E-state index contributed by atoms with van der Waals surface area (Å²) in [6, 6.07) is 5.45. The van der Waals surface area contributed by atoms with Crippen molar-refractivity contribution < 1.29 is 28.6 Å². The number of methoxy groups -OCH3 is 4. The molecule has 0 atom stereocenters. The molecule has 2 rings (SSSR count). The molecule has 0 heterocycles. The molecule has 0 aliphatic carbocycles. The zero-order valence-electron chi connectivity index (χ0n) is 18.1. The quantitative estimate of drug-likeness (QED) is 0.347. The van der Waals surface area contributed by atoms with Crippen LogP contribution in [0.5, 0.6) is 23.0 Å². The Bertz CT molecular complexity index is 904. The van der Waals surface area contributed by atoms with Crippen LogP contribution in [-0.4, -0.2) is 40.1 Å². The standard InChI is InChI=1S/C22H29NO6/c1-13(2)8-9-16(23-29-14(3)24)15-12-19(27-6)20-17(25-4)10-11-18(26-5)21(20)22(15)28-7/h10-13H,8-9H2,1-7H3. The van der Waals surface area contributed by atoms with E-state index >= 15 is 0 Å². The van der Waals surface area contributed by atoms with Crippen LogP contribution in [0.2, 0.25) is 0 Å². The van der Waals surface area contributed by atoms with Gasteiger partial charge in [-0.1, -0.05) is 19.0 Å². The van der Waals surface area contributed by atoms with Crippen molar-refractivity contribution in [2.24, 2.45) is 11.1 Å². The molecule has 158 valence electrons. The van der Waals surface area contributed by atoms with Gasteiger partial charge in [-0.25, -0.2) is 4.79 Å². The molecule has 2 aromatic rings. The van der Waals surface area contributed by atoms with Crippen molar-refractivity contribution in [3.8, 4) is 23.0 Å². The molecule has 2 aromatic carbocycles. The van der Waals surface area contributed by atoms with Crippen LogP contribution < -0.4 is 18.9 Å². The van der Waals surface area contributed by atoms with Gasteiger partial charge < -0.3 is 23.8 Å². The van der Waals surface area contributed by atoms with Crippen LogP contribution in [0.4, 0.5) is 0 Å². The predicted molar refractivity (Wildman–Crippen MR) is 113 cm³/mol. The Morgan fingerprint density at radius 2 is 1.52 bits per heavy atom. The lowest BCUT2D eigenvalue weighted by molar-refractivity contribution is -0.140. The molecule has 0 spiro atoms. The minimum absolute atomic E-state index is 0.445. The highest BCUT2D eigenvalue weighted by molar-refractivity contribution is 6.12. The van der Waals surface area contributed by atoms with Gasteiger partial charge >= 0.3 is 5.97 Å². The first-order valence-electron chi connectivity index (χ1n) is 9.42. The average Bonchev–Trinajstić information content (AvgIpc) is 2.71. The van der Waals surface area contributed by atoms with Gasteiger partial charge in [-0.05, 0) is 37.0 Å². The first-order chi connectivity index (χ1) is 13.9. The van der Waals surface area contributed by atoms with Gasteiger partial charge in [0.2, 0.25) is 0 Å². The lowest BCUT2D eigenvalue weighted by atomic mass is 9.95. The van der Waals surface area contributed by atoms with Gasteiger partial charge in [-0.2, -0.15) is 0 Å². The highest BCUT2D eigenvalue weighted by Gasteiger charge is 2.24. The second-order valence-corrected chi connectivity index (χ2v) is 6.93. The minimum atomic E-state index is -0.488. The summed E-state index contributed by atoms with van der Waals surface area (Å²) in [6.45, 7) is 5.56. The molecule has 0 fully saturated rings. The summed E-state index contributed by atoms with van der Waals surface area (Å²) in [5.41, 5.74) is 1.26. The van der Waals surface area contributed by atoms with E-state index < -0.39 is 5.97 Å². The molecule has 0 aromatic heterocycles. The molecule has 0 N–H and O–H groups in total. The molecule has 0 radical (unpaired) electrons. The third-order valence-corrected chi connectivity index (χ3v) is 4.54. The molecule has 0 aliphatic rings. The van der Waals surface area contributed by atoms with E-state index in [1.807, 2.05) is 18.2 Å². The molecule has 7 nitrogen and oxygen atoms in total. The van der Waals surface area contributed by atoms with Gasteiger partial charge in [0, 0.05) is 12.5 Å². The maximum atomic E-state index is 11.4. The van der Waals surface area contributed by atoms with E-state index in [4.69, 9.17) is 23.8 Å². The first kappa shape index (κ1) is 22.3. The van der Waals surface area contributed by atoms with E-state index in [9.17, 15) is 4.79 Å². The van der Waals surface area contributed by atoms with Crippen molar-refractivity contribution >= 4 is 22.5 Å². The summed E-state index contributed by atoms with van der Waals surface area (Å²) in [5, 5.41) is 5.54. The Labute approximate surface area is 171 Å². The fourth-order valence-electron chi connectivity index (χ4n) is 3.14. The van der Waals surface area contributed by atoms with E-state index in [-0.39, 0.29) is 0 Å². The zero-order chi connectivity index (χ0) is 21.6. The molecule has 0 saturated carbocycles. The Balaban J connectivity index is 2.86. The topological polar surface area (TPSA) is 75.6 Å². The van der Waals surface area contributed by atoms with Crippen LogP contribution in [0.3, 0.4) is 0 Å². The molecule has 29 heavy (non-hydrogen) atoms. The SMILES string of the molecule is COc1ccc(OC)c2c(OC)c(C(CCC(C)C)=NOC(C)=O)cc(OC)c12. The Morgan fingerprint density at radius 1 is 0.931 bits per heavy atom. The number of benzene rings is 2. The van der Waals surface area contributed by atoms with Crippen molar-refractivity contribution in [2.75, 3.05) is 28.4 Å². The highest BCUT2D eigenvalue weighted by Crippen LogP contribution is 2.46. The number of ether oxygens (including phenoxy) is 4. The number of oxime groups is 1. The second-order valence-electron chi connectivity index (χ2n) is 6.93. The van der Waals surface area contributed by atoms with E-state index in [2.05, 4.69) is 19.0 Å². The molecule has 7 heteroatoms. The zero-order valence-corrected chi connectivity index (χ0v) is 18.1. The Hall–Kier alpha value is -2.96. The van der Waals surface area contributed by atoms with E-state index in [0.29, 0.717) is 52.0 Å². The minimum Gasteiger partial charge on any atom is -0.496 e. The van der Waals surface area contributed by atoms with Crippen molar-refractivity contribution in [3.05, 3.63) is 23.8 Å². The third kappa shape index (κ3) is 4.91. The van der Waals surface area contributed by atoms with Crippen molar-refractivity contribution in [1.82, 2.24) is 0 Å². The van der Waals surface area contributed by atoms with Crippen LogP contribution in [0.1, 0.15) is 39.2 Å². The van der Waals surface area contributed by atoms with Gasteiger partial charge in [0.1, 0.15) is 23.0 Å². The van der Waals surface area contributed by atoms with Crippen molar-refractivity contribution in [3.63, 3.8) is 0 Å². The lowest BCUT2D eigenvalue weighted by Gasteiger charge is -2.20. The van der Waals surface area contributed by atoms with Crippen LogP contribution in [0.15, 0.2) is 23.4 Å². The predicted octanol–water partition coefficient (Wildman–Crippen LogP) is 4.58. The summed E-state index contributed by atoms with van der Waals surface area (Å²) < 4.78 is 22.6. The van der Waals surface area contributed by atoms with Crippen LogP contribution in [0.25, 0.3) is 10.8 Å². The average molecular weight is 403 g/mol. The van der Waals surface area contributed by atoms with E-state index in [1.165, 1.54) is 6.92 Å². The summed E-state index contributed by atoms with van der Waals surface area (Å²) >= 11 is 0. The molecule has 0 aliphatic heterocycles. The largest absolute Gasteiger partial charge is 0.496 e. The number of carbonyl (C=O) groups excluding carboxylic acids is 1. The molecule has 0 amide bonds. The van der Waals surface area contributed by atoms with Crippen LogP contribution in [0, 0.1) is 5.92 Å². The fraction of sp³-hybridized carbons (Fsp3) is 0.455. The second kappa shape index (κ2) is 10.0. The fourth-order valence-corrected chi connectivity index (χ4v) is 3.14. The maximum Gasteiger partial charge on any atom is 0.331 e. The summed E-state index contributed by atoms with van der Waals surface area (Å²) in [5.74, 6) is 2.31. The Morgan fingerprint density at radius 3 is 2.00 bits per heavy atom. The monoisotopic (exact) mass is 403 g/mol. The molecular weight excluding hydrogens is 374 g/mol. The van der Waals surface area contributed by atoms with Crippen molar-refractivity contribution in [2.45, 2.75) is 33.6 Å². The number of hydrogen-bond acceptors (Lipinski definition) is 7. The molecule has 0 unspecified atom stereocenters. The lowest BCUT2D eigenvalue weighted by Crippen LogP contribution is -2.09. The van der Waals surface area contributed by atoms with Gasteiger partial charge in [-0.15, -0.1) is 0 Å². The van der Waals surface area contributed by atoms with Gasteiger partial charge in [-0.3, -0.25) is 0 Å². The van der Waals surface area contributed by atoms with Crippen LogP contribution in [-0.2, 0) is 9.63 Å². The maximum absolute atomic E-state index is 11.4. The molecule has 0 saturated heterocycles. The van der Waals surface area contributed by atoms with Gasteiger partial charge in [0.15, 0.2) is 0 Å². The number of hydrogen-bond donors (Lipinski definition) is 0. The van der Waals surface area contributed by atoms with Crippen LogP contribution >= 0.6 is 0 Å². The molecule has 0 bridgehead atoms. The van der Waals surface area contributed by atoms with E-state index in [0.717, 1.165) is 11.8 Å². The summed E-state index contributed by atoms with van der Waals surface area (Å²) in [4.78, 5) is 16.3. The van der Waals surface area contributed by atoms with E-state index in [1.54, 1.807) is 28.4 Å². The summed E-state index contributed by atoms with van der Waals surface area (Å²) in [6.07, 6.45) is 1.46. The third-order valence-electron chi connectivity index (χ3n) is 4.54. The first-order valence-corrected chi connectivity index (χ1v) is 9.42.